The maximum Gasteiger partial charge on any atom is 0.154 e. The molecule has 1 heterocycles. The maximum atomic E-state index is 10.4. The van der Waals surface area contributed by atoms with E-state index in [1.54, 1.807) is 6.20 Å². The topological polar surface area (TPSA) is 50.2 Å². The number of nitrogens with zero attached hydrogens (tertiary/aromatic N) is 1. The summed E-state index contributed by atoms with van der Waals surface area (Å²) in [4.78, 5) is 14.2. The Morgan fingerprint density at radius 2 is 2.36 bits per heavy atom. The zero-order valence-electron chi connectivity index (χ0n) is 6.24. The molecule has 1 rings (SSSR count). The normalized spacial score (nSPS) is 9.55. The van der Waals surface area contributed by atoms with E-state index in [0.29, 0.717) is 18.3 Å². The first-order valence-corrected chi connectivity index (χ1v) is 3.40. The molecule has 1 aromatic rings. The molecule has 0 aliphatic rings. The van der Waals surface area contributed by atoms with Gasteiger partial charge in [0.25, 0.3) is 0 Å². The number of aldehydes is 1. The molecule has 3 nitrogen and oxygen atoms in total. The molecule has 3 heteroatoms. The van der Waals surface area contributed by atoms with Gasteiger partial charge in [0.15, 0.2) is 6.29 Å². The first-order valence-electron chi connectivity index (χ1n) is 3.40. The third-order valence-corrected chi connectivity index (χ3v) is 1.55. The summed E-state index contributed by atoms with van der Waals surface area (Å²) in [5.41, 5.74) is 1.13. The average molecular weight is 151 g/mol. The van der Waals surface area contributed by atoms with Crippen LogP contribution in [0.1, 0.15) is 22.8 Å². The van der Waals surface area contributed by atoms with Gasteiger partial charge in [-0.25, -0.2) is 0 Å². The molecule has 0 atom stereocenters. The molecule has 0 bridgehead atoms. The Bertz CT molecular complexity index is 271. The first-order chi connectivity index (χ1) is 5.29. The molecule has 0 spiro atoms. The van der Waals surface area contributed by atoms with E-state index in [1.807, 2.05) is 6.92 Å². The number of rotatable bonds is 2. The molecule has 0 unspecified atom stereocenters. The Kier molecular flexibility index (Phi) is 2.21. The van der Waals surface area contributed by atoms with Crippen LogP contribution in [0, 0.1) is 0 Å². The van der Waals surface area contributed by atoms with Gasteiger partial charge in [-0.1, -0.05) is 6.92 Å². The lowest BCUT2D eigenvalue weighted by atomic mass is 10.1. The van der Waals surface area contributed by atoms with E-state index in [-0.39, 0.29) is 5.75 Å². The Morgan fingerprint density at radius 3 is 2.82 bits per heavy atom. The van der Waals surface area contributed by atoms with Crippen molar-refractivity contribution in [2.75, 3.05) is 0 Å². The van der Waals surface area contributed by atoms with Crippen LogP contribution in [0.25, 0.3) is 0 Å². The molecule has 58 valence electrons. The number of hydrogen-bond acceptors (Lipinski definition) is 3. The highest BCUT2D eigenvalue weighted by atomic mass is 16.3. The molecule has 0 aliphatic heterocycles. The van der Waals surface area contributed by atoms with Crippen molar-refractivity contribution in [2.24, 2.45) is 0 Å². The first kappa shape index (κ1) is 7.72. The van der Waals surface area contributed by atoms with E-state index in [1.165, 1.54) is 6.20 Å². The molecule has 0 saturated heterocycles. The summed E-state index contributed by atoms with van der Waals surface area (Å²) in [6.45, 7) is 1.91. The molecule has 0 radical (unpaired) electrons. The van der Waals surface area contributed by atoms with Crippen molar-refractivity contribution in [3.05, 3.63) is 23.5 Å². The van der Waals surface area contributed by atoms with Crippen molar-refractivity contribution in [1.82, 2.24) is 4.98 Å². The summed E-state index contributed by atoms with van der Waals surface area (Å²) in [5, 5.41) is 9.13. The van der Waals surface area contributed by atoms with Gasteiger partial charge >= 0.3 is 0 Å². The van der Waals surface area contributed by atoms with Crippen molar-refractivity contribution in [2.45, 2.75) is 13.3 Å². The third-order valence-electron chi connectivity index (χ3n) is 1.55. The molecule has 0 amide bonds. The van der Waals surface area contributed by atoms with Crippen molar-refractivity contribution < 1.29 is 9.90 Å². The van der Waals surface area contributed by atoms with Crippen molar-refractivity contribution >= 4 is 6.29 Å². The second-order valence-corrected chi connectivity index (χ2v) is 2.20. The molecule has 0 aliphatic carbocycles. The van der Waals surface area contributed by atoms with E-state index < -0.39 is 0 Å². The van der Waals surface area contributed by atoms with Gasteiger partial charge in [0.2, 0.25) is 0 Å². The molecular weight excluding hydrogens is 142 g/mol. The molecule has 1 aromatic heterocycles. The molecule has 0 saturated carbocycles. The lowest BCUT2D eigenvalue weighted by Crippen LogP contribution is -1.92. The van der Waals surface area contributed by atoms with Crippen LogP contribution in [0.15, 0.2) is 12.4 Å². The molecule has 11 heavy (non-hydrogen) atoms. The summed E-state index contributed by atoms with van der Waals surface area (Å²) in [6, 6.07) is 0. The van der Waals surface area contributed by atoms with E-state index >= 15 is 0 Å². The van der Waals surface area contributed by atoms with Crippen LogP contribution in [0.2, 0.25) is 0 Å². The van der Waals surface area contributed by atoms with Gasteiger partial charge in [-0.3, -0.25) is 9.78 Å². The predicted octanol–water partition coefficient (Wildman–Crippen LogP) is 1.16. The highest BCUT2D eigenvalue weighted by molar-refractivity contribution is 5.80. The fraction of sp³-hybridized carbons (Fsp3) is 0.250. The van der Waals surface area contributed by atoms with Gasteiger partial charge in [0.05, 0.1) is 11.8 Å². The zero-order valence-corrected chi connectivity index (χ0v) is 6.24. The average Bonchev–Trinajstić information content (AvgIpc) is 2.04. The fourth-order valence-corrected chi connectivity index (χ4v) is 0.919. The molecule has 1 N–H and O–H groups in total. The van der Waals surface area contributed by atoms with E-state index in [9.17, 15) is 4.79 Å². The number of aromatic hydroxyl groups is 1. The van der Waals surface area contributed by atoms with E-state index in [2.05, 4.69) is 4.98 Å². The zero-order chi connectivity index (χ0) is 8.27. The second-order valence-electron chi connectivity index (χ2n) is 2.20. The van der Waals surface area contributed by atoms with Gasteiger partial charge in [0.1, 0.15) is 5.75 Å². The smallest absolute Gasteiger partial charge is 0.154 e. The lowest BCUT2D eigenvalue weighted by Gasteiger charge is -2.00. The van der Waals surface area contributed by atoms with E-state index in [0.717, 1.165) is 5.56 Å². The molecule has 0 aromatic carbocycles. The maximum absolute atomic E-state index is 10.4. The van der Waals surface area contributed by atoms with Gasteiger partial charge in [-0.05, 0) is 12.0 Å². The number of carbonyl (C=O) groups excluding carboxylic acids is 1. The van der Waals surface area contributed by atoms with Gasteiger partial charge in [-0.2, -0.15) is 0 Å². The van der Waals surface area contributed by atoms with Crippen molar-refractivity contribution in [3.8, 4) is 5.75 Å². The highest BCUT2D eigenvalue weighted by Crippen LogP contribution is 2.16. The largest absolute Gasteiger partial charge is 0.506 e. The Balaban J connectivity index is 3.24. The fourth-order valence-electron chi connectivity index (χ4n) is 0.919. The van der Waals surface area contributed by atoms with Crippen LogP contribution in [0.5, 0.6) is 5.75 Å². The monoisotopic (exact) mass is 151 g/mol. The quantitative estimate of drug-likeness (QED) is 0.645. The van der Waals surface area contributed by atoms with Crippen molar-refractivity contribution in [1.29, 1.82) is 0 Å². The van der Waals surface area contributed by atoms with Crippen LogP contribution in [0.3, 0.4) is 0 Å². The second kappa shape index (κ2) is 3.14. The van der Waals surface area contributed by atoms with E-state index in [4.69, 9.17) is 5.11 Å². The number of aryl methyl sites for hydroxylation is 1. The summed E-state index contributed by atoms with van der Waals surface area (Å²) < 4.78 is 0. The number of pyridine rings is 1. The molecular formula is C8H9NO2. The van der Waals surface area contributed by atoms with Gasteiger partial charge in [-0.15, -0.1) is 0 Å². The standard InChI is InChI=1S/C8H9NO2/c1-2-6-3-9-4-8(11)7(6)5-10/h3-5,11H,2H2,1H3. The SMILES string of the molecule is CCc1cncc(O)c1C=O. The van der Waals surface area contributed by atoms with Crippen LogP contribution in [-0.4, -0.2) is 16.4 Å². The molecule has 0 fully saturated rings. The Morgan fingerprint density at radius 1 is 1.64 bits per heavy atom. The minimum atomic E-state index is -0.0423. The summed E-state index contributed by atoms with van der Waals surface area (Å²) in [5.74, 6) is -0.0423. The summed E-state index contributed by atoms with van der Waals surface area (Å²) in [7, 11) is 0. The lowest BCUT2D eigenvalue weighted by molar-refractivity contribution is 0.112. The predicted molar refractivity (Wildman–Crippen MR) is 40.7 cm³/mol. The summed E-state index contributed by atoms with van der Waals surface area (Å²) >= 11 is 0. The minimum Gasteiger partial charge on any atom is -0.506 e. The highest BCUT2D eigenvalue weighted by Gasteiger charge is 2.04. The Labute approximate surface area is 64.7 Å². The number of aromatic nitrogens is 1. The van der Waals surface area contributed by atoms with Crippen LogP contribution in [-0.2, 0) is 6.42 Å². The Hall–Kier alpha value is -1.38. The number of carbonyl (C=O) groups is 1. The van der Waals surface area contributed by atoms with Gasteiger partial charge in [0, 0.05) is 6.20 Å². The van der Waals surface area contributed by atoms with Gasteiger partial charge < -0.3 is 5.11 Å². The van der Waals surface area contributed by atoms with Crippen LogP contribution in [0.4, 0.5) is 0 Å². The van der Waals surface area contributed by atoms with Crippen LogP contribution < -0.4 is 0 Å². The third kappa shape index (κ3) is 1.37. The van der Waals surface area contributed by atoms with Crippen molar-refractivity contribution in [3.63, 3.8) is 0 Å². The summed E-state index contributed by atoms with van der Waals surface area (Å²) in [6.07, 6.45) is 4.21. The number of hydrogen-bond donors (Lipinski definition) is 1. The minimum absolute atomic E-state index is 0.0423. The van der Waals surface area contributed by atoms with Crippen LogP contribution >= 0.6 is 0 Å².